The number of aryl methyl sites for hydroxylation is 2. The number of pyridine rings is 1. The number of anilines is 1. The second-order valence-electron chi connectivity index (χ2n) is 6.57. The Labute approximate surface area is 179 Å². The third kappa shape index (κ3) is 3.97. The van der Waals surface area contributed by atoms with Crippen LogP contribution in [-0.4, -0.2) is 28.6 Å². The van der Waals surface area contributed by atoms with Crippen LogP contribution in [0.2, 0.25) is 0 Å². The van der Waals surface area contributed by atoms with Gasteiger partial charge in [0.2, 0.25) is 0 Å². The highest BCUT2D eigenvalue weighted by Gasteiger charge is 2.22. The molecule has 0 radical (unpaired) electrons. The van der Waals surface area contributed by atoms with Crippen molar-refractivity contribution in [2.24, 2.45) is 0 Å². The van der Waals surface area contributed by atoms with Gasteiger partial charge in [0.05, 0.1) is 22.9 Å². The van der Waals surface area contributed by atoms with Crippen molar-refractivity contribution >= 4 is 44.6 Å². The molecule has 0 saturated carbocycles. The van der Waals surface area contributed by atoms with Crippen LogP contribution in [0.25, 0.3) is 22.6 Å². The maximum atomic E-state index is 12.8. The van der Waals surface area contributed by atoms with Crippen molar-refractivity contribution in [3.8, 4) is 11.5 Å². The lowest BCUT2D eigenvalue weighted by atomic mass is 10.1. The largest absolute Gasteiger partial charge is 0.463 e. The molecule has 8 nitrogen and oxygen atoms in total. The number of halogens is 1. The Hall–Kier alpha value is -3.46. The van der Waals surface area contributed by atoms with E-state index >= 15 is 0 Å². The number of carbonyl (C=O) groups is 2. The number of amides is 1. The minimum absolute atomic E-state index is 0.183. The van der Waals surface area contributed by atoms with Gasteiger partial charge >= 0.3 is 5.97 Å². The van der Waals surface area contributed by atoms with Crippen LogP contribution in [0.4, 0.5) is 5.69 Å². The third-order valence-electron chi connectivity index (χ3n) is 4.39. The van der Waals surface area contributed by atoms with Crippen molar-refractivity contribution in [2.75, 3.05) is 11.9 Å². The SMILES string of the molecule is Cc1cc(NC(=O)COC(=O)c2cc(-c3ccco3)nc3onc(C)c23)ccc1Br. The van der Waals surface area contributed by atoms with E-state index in [1.54, 1.807) is 25.1 Å². The van der Waals surface area contributed by atoms with Crippen LogP contribution in [0, 0.1) is 13.8 Å². The molecule has 0 atom stereocenters. The smallest absolute Gasteiger partial charge is 0.339 e. The van der Waals surface area contributed by atoms with Gasteiger partial charge in [-0.25, -0.2) is 9.78 Å². The maximum absolute atomic E-state index is 12.8. The molecule has 0 unspecified atom stereocenters. The highest BCUT2D eigenvalue weighted by molar-refractivity contribution is 9.10. The molecular formula is C21H16BrN3O5. The third-order valence-corrected chi connectivity index (χ3v) is 5.28. The Kier molecular flexibility index (Phi) is 5.37. The number of nitrogens with one attached hydrogen (secondary N) is 1. The molecule has 30 heavy (non-hydrogen) atoms. The highest BCUT2D eigenvalue weighted by Crippen LogP contribution is 2.28. The Balaban J connectivity index is 1.53. The van der Waals surface area contributed by atoms with Crippen LogP contribution < -0.4 is 5.32 Å². The molecule has 3 heterocycles. The second-order valence-corrected chi connectivity index (χ2v) is 7.42. The summed E-state index contributed by atoms with van der Waals surface area (Å²) in [4.78, 5) is 29.3. The maximum Gasteiger partial charge on any atom is 0.339 e. The van der Waals surface area contributed by atoms with Crippen molar-refractivity contribution < 1.29 is 23.3 Å². The zero-order valence-electron chi connectivity index (χ0n) is 16.1. The molecule has 3 aromatic heterocycles. The summed E-state index contributed by atoms with van der Waals surface area (Å²) in [6.07, 6.45) is 1.50. The molecule has 0 spiro atoms. The summed E-state index contributed by atoms with van der Waals surface area (Å²) < 4.78 is 16.7. The number of ether oxygens (including phenoxy) is 1. The molecule has 1 aromatic carbocycles. The van der Waals surface area contributed by atoms with Crippen LogP contribution >= 0.6 is 15.9 Å². The Bertz CT molecular complexity index is 1250. The minimum atomic E-state index is -0.691. The first-order valence-corrected chi connectivity index (χ1v) is 9.75. The van der Waals surface area contributed by atoms with Crippen LogP contribution in [0.5, 0.6) is 0 Å². The number of rotatable bonds is 5. The fourth-order valence-corrected chi connectivity index (χ4v) is 3.18. The van der Waals surface area contributed by atoms with Crippen molar-refractivity contribution in [3.05, 3.63) is 64.0 Å². The van der Waals surface area contributed by atoms with Gasteiger partial charge in [-0.15, -0.1) is 0 Å². The molecular weight excluding hydrogens is 454 g/mol. The zero-order chi connectivity index (χ0) is 21.3. The number of hydrogen-bond donors (Lipinski definition) is 1. The number of carbonyl (C=O) groups excluding carboxylic acids is 2. The normalized spacial score (nSPS) is 10.9. The molecule has 0 fully saturated rings. The average molecular weight is 470 g/mol. The first-order valence-electron chi connectivity index (χ1n) is 8.96. The summed E-state index contributed by atoms with van der Waals surface area (Å²) in [5.74, 6) is -0.685. The summed E-state index contributed by atoms with van der Waals surface area (Å²) in [5, 5.41) is 7.00. The molecule has 0 bridgehead atoms. The van der Waals surface area contributed by atoms with E-state index in [4.69, 9.17) is 13.7 Å². The van der Waals surface area contributed by atoms with Crippen LogP contribution in [0.3, 0.4) is 0 Å². The molecule has 0 aliphatic carbocycles. The van der Waals surface area contributed by atoms with Gasteiger partial charge in [-0.1, -0.05) is 21.1 Å². The first kappa shape index (κ1) is 19.8. The second kappa shape index (κ2) is 8.11. The molecule has 1 N–H and O–H groups in total. The van der Waals surface area contributed by atoms with Gasteiger partial charge in [-0.05, 0) is 55.8 Å². The molecule has 0 aliphatic heterocycles. The molecule has 9 heteroatoms. The van der Waals surface area contributed by atoms with Gasteiger partial charge in [0.15, 0.2) is 12.4 Å². The molecule has 4 rings (SSSR count). The fraction of sp³-hybridized carbons (Fsp3) is 0.143. The summed E-state index contributed by atoms with van der Waals surface area (Å²) in [6, 6.07) is 10.3. The summed E-state index contributed by atoms with van der Waals surface area (Å²) in [6.45, 7) is 3.16. The van der Waals surface area contributed by atoms with Crippen LogP contribution in [-0.2, 0) is 9.53 Å². The van der Waals surface area contributed by atoms with Crippen molar-refractivity contribution in [3.63, 3.8) is 0 Å². The van der Waals surface area contributed by atoms with E-state index in [2.05, 4.69) is 31.4 Å². The lowest BCUT2D eigenvalue weighted by Gasteiger charge is -2.09. The van der Waals surface area contributed by atoms with E-state index in [0.29, 0.717) is 28.2 Å². The monoisotopic (exact) mass is 469 g/mol. The molecule has 4 aromatic rings. The quantitative estimate of drug-likeness (QED) is 0.423. The highest BCUT2D eigenvalue weighted by atomic mass is 79.9. The molecule has 152 valence electrons. The average Bonchev–Trinajstić information content (AvgIpc) is 3.39. The first-order chi connectivity index (χ1) is 14.4. The van der Waals surface area contributed by atoms with Crippen LogP contribution in [0.1, 0.15) is 21.6 Å². The van der Waals surface area contributed by atoms with E-state index in [-0.39, 0.29) is 11.3 Å². The number of benzene rings is 1. The Morgan fingerprint density at radius 1 is 1.20 bits per heavy atom. The van der Waals surface area contributed by atoms with Crippen LogP contribution in [0.15, 0.2) is 56.1 Å². The number of furan rings is 1. The topological polar surface area (TPSA) is 107 Å². The van der Waals surface area contributed by atoms with E-state index in [9.17, 15) is 9.59 Å². The van der Waals surface area contributed by atoms with Gasteiger partial charge in [0.25, 0.3) is 11.6 Å². The number of nitrogens with zero attached hydrogens (tertiary/aromatic N) is 2. The summed E-state index contributed by atoms with van der Waals surface area (Å²) in [5.41, 5.74) is 2.84. The van der Waals surface area contributed by atoms with Gasteiger partial charge in [0.1, 0.15) is 5.69 Å². The summed E-state index contributed by atoms with van der Waals surface area (Å²) >= 11 is 3.41. The van der Waals surface area contributed by atoms with Gasteiger partial charge in [-0.3, -0.25) is 4.79 Å². The molecule has 0 saturated heterocycles. The van der Waals surface area contributed by atoms with Gasteiger partial charge < -0.3 is 19.0 Å². The van der Waals surface area contributed by atoms with E-state index in [1.165, 1.54) is 12.3 Å². The Morgan fingerprint density at radius 2 is 2.03 bits per heavy atom. The fourth-order valence-electron chi connectivity index (χ4n) is 2.93. The van der Waals surface area contributed by atoms with E-state index in [0.717, 1.165) is 10.0 Å². The zero-order valence-corrected chi connectivity index (χ0v) is 17.6. The lowest BCUT2D eigenvalue weighted by molar-refractivity contribution is -0.119. The standard InChI is InChI=1S/C21H16BrN3O5/c1-11-8-13(5-6-15(11)22)23-18(26)10-29-21(27)14-9-16(17-4-3-7-28-17)24-20-19(14)12(2)25-30-20/h3-9H,10H2,1-2H3,(H,23,26). The van der Waals surface area contributed by atoms with Crippen molar-refractivity contribution in [1.29, 1.82) is 0 Å². The van der Waals surface area contributed by atoms with E-state index in [1.807, 2.05) is 19.1 Å². The predicted molar refractivity (Wildman–Crippen MR) is 112 cm³/mol. The van der Waals surface area contributed by atoms with Gasteiger partial charge in [-0.2, -0.15) is 0 Å². The molecule has 1 amide bonds. The number of aromatic nitrogens is 2. The van der Waals surface area contributed by atoms with Crippen molar-refractivity contribution in [2.45, 2.75) is 13.8 Å². The van der Waals surface area contributed by atoms with Crippen molar-refractivity contribution in [1.82, 2.24) is 10.1 Å². The van der Waals surface area contributed by atoms with Gasteiger partial charge in [0, 0.05) is 10.2 Å². The van der Waals surface area contributed by atoms with E-state index < -0.39 is 18.5 Å². The number of fused-ring (bicyclic) bond motifs is 1. The lowest BCUT2D eigenvalue weighted by Crippen LogP contribution is -2.21. The Morgan fingerprint density at radius 3 is 2.77 bits per heavy atom. The minimum Gasteiger partial charge on any atom is -0.463 e. The summed E-state index contributed by atoms with van der Waals surface area (Å²) in [7, 11) is 0. The molecule has 0 aliphatic rings. The number of hydrogen-bond acceptors (Lipinski definition) is 7. The predicted octanol–water partition coefficient (Wildman–Crippen LogP) is 4.66. The number of esters is 1.